The normalized spacial score (nSPS) is 10.2. The molecule has 0 atom stereocenters. The fourth-order valence-corrected chi connectivity index (χ4v) is 3.39. The molecule has 0 aliphatic rings. The molecule has 0 fully saturated rings. The number of hydrazine groups is 1. The Balaban J connectivity index is 1.41. The average Bonchev–Trinajstić information content (AvgIpc) is 2.76. The van der Waals surface area contributed by atoms with Gasteiger partial charge in [-0.05, 0) is 48.9 Å². The SMILES string of the molecule is Cc1ccc(NCC(=O)NNC(=O)c2ccc(SCc3ccccc3)cc2)cc1. The summed E-state index contributed by atoms with van der Waals surface area (Å²) in [6.07, 6.45) is 0. The van der Waals surface area contributed by atoms with Crippen LogP contribution in [-0.4, -0.2) is 18.4 Å². The van der Waals surface area contributed by atoms with Crippen LogP contribution >= 0.6 is 11.8 Å². The molecule has 0 aromatic heterocycles. The van der Waals surface area contributed by atoms with E-state index in [2.05, 4.69) is 28.3 Å². The summed E-state index contributed by atoms with van der Waals surface area (Å²) < 4.78 is 0. The third kappa shape index (κ3) is 6.69. The van der Waals surface area contributed by atoms with Crippen LogP contribution in [0, 0.1) is 6.92 Å². The van der Waals surface area contributed by atoms with Crippen molar-refractivity contribution in [1.82, 2.24) is 10.9 Å². The predicted molar refractivity (Wildman–Crippen MR) is 118 cm³/mol. The minimum Gasteiger partial charge on any atom is -0.376 e. The molecule has 0 bridgehead atoms. The van der Waals surface area contributed by atoms with Crippen molar-refractivity contribution in [2.24, 2.45) is 0 Å². The van der Waals surface area contributed by atoms with E-state index in [0.29, 0.717) is 5.56 Å². The first kappa shape index (κ1) is 20.5. The molecule has 0 unspecified atom stereocenters. The quantitative estimate of drug-likeness (QED) is 0.408. The molecule has 3 N–H and O–H groups in total. The maximum atomic E-state index is 12.2. The highest BCUT2D eigenvalue weighted by molar-refractivity contribution is 7.98. The Bertz CT molecular complexity index is 942. The molecular weight excluding hydrogens is 382 g/mol. The van der Waals surface area contributed by atoms with Crippen molar-refractivity contribution in [2.75, 3.05) is 11.9 Å². The van der Waals surface area contributed by atoms with Crippen molar-refractivity contribution in [3.63, 3.8) is 0 Å². The van der Waals surface area contributed by atoms with Crippen molar-refractivity contribution in [1.29, 1.82) is 0 Å². The van der Waals surface area contributed by atoms with Crippen molar-refractivity contribution < 1.29 is 9.59 Å². The lowest BCUT2D eigenvalue weighted by Gasteiger charge is -2.10. The first-order chi connectivity index (χ1) is 14.1. The summed E-state index contributed by atoms with van der Waals surface area (Å²) in [6, 6.07) is 25.3. The first-order valence-corrected chi connectivity index (χ1v) is 10.3. The summed E-state index contributed by atoms with van der Waals surface area (Å²) in [6.45, 7) is 2.07. The fraction of sp³-hybridized carbons (Fsp3) is 0.130. The van der Waals surface area contributed by atoms with Crippen LogP contribution in [0.2, 0.25) is 0 Å². The van der Waals surface area contributed by atoms with Crippen LogP contribution in [0.25, 0.3) is 0 Å². The van der Waals surface area contributed by atoms with E-state index >= 15 is 0 Å². The predicted octanol–water partition coefficient (Wildman–Crippen LogP) is 4.16. The van der Waals surface area contributed by atoms with Gasteiger partial charge in [0.05, 0.1) is 6.54 Å². The van der Waals surface area contributed by atoms with Crippen LogP contribution in [0.4, 0.5) is 5.69 Å². The second-order valence-corrected chi connectivity index (χ2v) is 7.57. The van der Waals surface area contributed by atoms with Gasteiger partial charge in [-0.3, -0.25) is 20.4 Å². The Morgan fingerprint density at radius 2 is 1.52 bits per heavy atom. The number of carbonyl (C=O) groups is 2. The lowest BCUT2D eigenvalue weighted by atomic mass is 10.2. The Morgan fingerprint density at radius 1 is 0.828 bits per heavy atom. The third-order valence-electron chi connectivity index (χ3n) is 4.18. The summed E-state index contributed by atoms with van der Waals surface area (Å²) >= 11 is 1.71. The third-order valence-corrected chi connectivity index (χ3v) is 5.27. The zero-order valence-electron chi connectivity index (χ0n) is 16.1. The van der Waals surface area contributed by atoms with Gasteiger partial charge in [-0.25, -0.2) is 0 Å². The monoisotopic (exact) mass is 405 g/mol. The van der Waals surface area contributed by atoms with Gasteiger partial charge in [-0.15, -0.1) is 11.8 Å². The first-order valence-electron chi connectivity index (χ1n) is 9.27. The van der Waals surface area contributed by atoms with E-state index in [-0.39, 0.29) is 18.4 Å². The highest BCUT2D eigenvalue weighted by Crippen LogP contribution is 2.22. The number of carbonyl (C=O) groups excluding carboxylic acids is 2. The molecule has 6 heteroatoms. The van der Waals surface area contributed by atoms with Gasteiger partial charge in [-0.1, -0.05) is 48.0 Å². The van der Waals surface area contributed by atoms with Crippen LogP contribution in [-0.2, 0) is 10.5 Å². The van der Waals surface area contributed by atoms with Crippen LogP contribution in [0.3, 0.4) is 0 Å². The molecule has 0 spiro atoms. The second kappa shape index (κ2) is 10.3. The van der Waals surface area contributed by atoms with Gasteiger partial charge >= 0.3 is 0 Å². The molecule has 0 saturated heterocycles. The van der Waals surface area contributed by atoms with E-state index in [1.165, 1.54) is 5.56 Å². The minimum atomic E-state index is -0.353. The molecule has 0 heterocycles. The smallest absolute Gasteiger partial charge is 0.269 e. The average molecular weight is 406 g/mol. The molecular formula is C23H23N3O2S. The zero-order chi connectivity index (χ0) is 20.5. The minimum absolute atomic E-state index is 0.0679. The number of thioether (sulfide) groups is 1. The highest BCUT2D eigenvalue weighted by atomic mass is 32.2. The number of aryl methyl sites for hydroxylation is 1. The summed E-state index contributed by atoms with van der Waals surface area (Å²) in [5.41, 5.74) is 8.59. The lowest BCUT2D eigenvalue weighted by molar-refractivity contribution is -0.120. The summed E-state index contributed by atoms with van der Waals surface area (Å²) in [4.78, 5) is 25.2. The molecule has 0 radical (unpaired) electrons. The van der Waals surface area contributed by atoms with E-state index < -0.39 is 0 Å². The van der Waals surface area contributed by atoms with E-state index in [1.807, 2.05) is 61.5 Å². The number of benzene rings is 3. The van der Waals surface area contributed by atoms with Crippen LogP contribution in [0.5, 0.6) is 0 Å². The fourth-order valence-electron chi connectivity index (χ4n) is 2.54. The number of hydrogen-bond acceptors (Lipinski definition) is 4. The van der Waals surface area contributed by atoms with Gasteiger partial charge in [0, 0.05) is 21.9 Å². The molecule has 0 aliphatic carbocycles. The molecule has 5 nitrogen and oxygen atoms in total. The molecule has 3 rings (SSSR count). The van der Waals surface area contributed by atoms with E-state index in [9.17, 15) is 9.59 Å². The number of nitrogens with one attached hydrogen (secondary N) is 3. The van der Waals surface area contributed by atoms with Crippen molar-refractivity contribution in [2.45, 2.75) is 17.6 Å². The van der Waals surface area contributed by atoms with Gasteiger partial charge in [0.2, 0.25) is 0 Å². The van der Waals surface area contributed by atoms with Crippen LogP contribution in [0.1, 0.15) is 21.5 Å². The summed E-state index contributed by atoms with van der Waals surface area (Å²) in [5, 5.41) is 3.00. The largest absolute Gasteiger partial charge is 0.376 e. The summed E-state index contributed by atoms with van der Waals surface area (Å²) in [7, 11) is 0. The number of amides is 2. The molecule has 148 valence electrons. The standard InChI is InChI=1S/C23H23N3O2S/c1-17-7-11-20(12-8-17)24-15-22(27)25-26-23(28)19-9-13-21(14-10-19)29-16-18-5-3-2-4-6-18/h2-14,24H,15-16H2,1H3,(H,25,27)(H,26,28). The lowest BCUT2D eigenvalue weighted by Crippen LogP contribution is -2.44. The second-order valence-electron chi connectivity index (χ2n) is 6.52. The van der Waals surface area contributed by atoms with Gasteiger partial charge in [-0.2, -0.15) is 0 Å². The van der Waals surface area contributed by atoms with Crippen molar-refractivity contribution in [3.05, 3.63) is 95.6 Å². The number of rotatable bonds is 7. The molecule has 2 amide bonds. The molecule has 3 aromatic carbocycles. The Morgan fingerprint density at radius 3 is 2.21 bits per heavy atom. The number of anilines is 1. The van der Waals surface area contributed by atoms with Gasteiger partial charge in [0.1, 0.15) is 0 Å². The maximum absolute atomic E-state index is 12.2. The van der Waals surface area contributed by atoms with E-state index in [4.69, 9.17) is 0 Å². The highest BCUT2D eigenvalue weighted by Gasteiger charge is 2.08. The van der Waals surface area contributed by atoms with Gasteiger partial charge < -0.3 is 5.32 Å². The Hall–Kier alpha value is -3.25. The van der Waals surface area contributed by atoms with E-state index in [0.717, 1.165) is 21.9 Å². The zero-order valence-corrected chi connectivity index (χ0v) is 17.0. The molecule has 3 aromatic rings. The van der Waals surface area contributed by atoms with Crippen LogP contribution < -0.4 is 16.2 Å². The maximum Gasteiger partial charge on any atom is 0.269 e. The van der Waals surface area contributed by atoms with Crippen molar-refractivity contribution >= 4 is 29.3 Å². The molecule has 0 aliphatic heterocycles. The molecule has 0 saturated carbocycles. The number of hydrogen-bond donors (Lipinski definition) is 3. The van der Waals surface area contributed by atoms with Crippen LogP contribution in [0.15, 0.2) is 83.8 Å². The molecule has 29 heavy (non-hydrogen) atoms. The Labute approximate surface area is 174 Å². The van der Waals surface area contributed by atoms with Gasteiger partial charge in [0.15, 0.2) is 0 Å². The topological polar surface area (TPSA) is 70.2 Å². The summed E-state index contributed by atoms with van der Waals surface area (Å²) in [5.74, 6) is 0.193. The van der Waals surface area contributed by atoms with E-state index in [1.54, 1.807) is 23.9 Å². The van der Waals surface area contributed by atoms with Gasteiger partial charge in [0.25, 0.3) is 11.8 Å². The van der Waals surface area contributed by atoms with Crippen molar-refractivity contribution in [3.8, 4) is 0 Å². The Kier molecular flexibility index (Phi) is 7.30.